The minimum atomic E-state index is -3.54. The lowest BCUT2D eigenvalue weighted by Gasteiger charge is -2.23. The largest absolute Gasteiger partial charge is 0.279 e. The molecule has 0 aliphatic rings. The number of hydrogen-bond donors (Lipinski definition) is 1. The third-order valence-electron chi connectivity index (χ3n) is 3.66. The van der Waals surface area contributed by atoms with Crippen LogP contribution in [-0.4, -0.2) is 26.8 Å². The van der Waals surface area contributed by atoms with Crippen LogP contribution in [-0.2, 0) is 10.2 Å². The van der Waals surface area contributed by atoms with Crippen LogP contribution < -0.4 is 4.72 Å². The molecule has 0 amide bonds. The molecule has 0 bridgehead atoms. The molecule has 0 aliphatic carbocycles. The lowest BCUT2D eigenvalue weighted by molar-refractivity contribution is 0.498. The molecule has 0 fully saturated rings. The van der Waals surface area contributed by atoms with Gasteiger partial charge in [0.05, 0.1) is 6.04 Å². The lowest BCUT2D eigenvalue weighted by atomic mass is 9.95. The van der Waals surface area contributed by atoms with Gasteiger partial charge in [-0.2, -0.15) is 17.4 Å². The highest BCUT2D eigenvalue weighted by molar-refractivity contribution is 7.87. The summed E-state index contributed by atoms with van der Waals surface area (Å²) in [6, 6.07) is 15.3. The summed E-state index contributed by atoms with van der Waals surface area (Å²) in [4.78, 5) is 0. The fourth-order valence-electron chi connectivity index (χ4n) is 2.24. The van der Waals surface area contributed by atoms with E-state index in [9.17, 15) is 8.42 Å². The summed E-state index contributed by atoms with van der Waals surface area (Å²) < 4.78 is 28.5. The van der Waals surface area contributed by atoms with E-state index < -0.39 is 16.3 Å². The Hall–Kier alpha value is -1.69. The molecule has 5 heteroatoms. The summed E-state index contributed by atoms with van der Waals surface area (Å²) in [5.74, 6) is 0. The van der Waals surface area contributed by atoms with E-state index in [1.54, 1.807) is 0 Å². The number of nitrogens with zero attached hydrogens (tertiary/aromatic N) is 1. The Morgan fingerprint density at radius 2 is 1.55 bits per heavy atom. The maximum absolute atomic E-state index is 12.3. The average Bonchev–Trinajstić information content (AvgIpc) is 2.46. The second-order valence-electron chi connectivity index (χ2n) is 5.61. The molecule has 22 heavy (non-hydrogen) atoms. The van der Waals surface area contributed by atoms with Gasteiger partial charge >= 0.3 is 0 Å². The van der Waals surface area contributed by atoms with Crippen LogP contribution in [0.25, 0.3) is 0 Å². The molecule has 2 rings (SSSR count). The smallest absolute Gasteiger partial charge is 0.195 e. The van der Waals surface area contributed by atoms with Crippen LogP contribution in [0.15, 0.2) is 48.5 Å². The second kappa shape index (κ2) is 6.60. The van der Waals surface area contributed by atoms with Gasteiger partial charge in [0.15, 0.2) is 0 Å². The zero-order valence-electron chi connectivity index (χ0n) is 13.4. The van der Waals surface area contributed by atoms with Gasteiger partial charge in [0, 0.05) is 14.1 Å². The highest BCUT2D eigenvalue weighted by atomic mass is 32.2. The van der Waals surface area contributed by atoms with E-state index in [0.717, 1.165) is 22.3 Å². The summed E-state index contributed by atoms with van der Waals surface area (Å²) in [5, 5.41) is 0. The topological polar surface area (TPSA) is 49.4 Å². The van der Waals surface area contributed by atoms with Crippen molar-refractivity contribution in [1.29, 1.82) is 0 Å². The zero-order chi connectivity index (χ0) is 16.3. The minimum Gasteiger partial charge on any atom is -0.195 e. The molecule has 0 spiro atoms. The standard InChI is InChI=1S/C17H22N2O2S/c1-13-9-11-15(12-10-13)17(18-22(20,21)19(3)4)16-8-6-5-7-14(16)2/h5-12,17-18H,1-4H3. The maximum Gasteiger partial charge on any atom is 0.279 e. The van der Waals surface area contributed by atoms with E-state index in [1.807, 2.05) is 62.4 Å². The van der Waals surface area contributed by atoms with Crippen molar-refractivity contribution >= 4 is 10.2 Å². The van der Waals surface area contributed by atoms with Crippen molar-refractivity contribution in [2.45, 2.75) is 19.9 Å². The van der Waals surface area contributed by atoms with Gasteiger partial charge in [-0.05, 0) is 30.5 Å². The van der Waals surface area contributed by atoms with Crippen LogP contribution in [0.2, 0.25) is 0 Å². The zero-order valence-corrected chi connectivity index (χ0v) is 14.2. The summed E-state index contributed by atoms with van der Waals surface area (Å²) in [6.07, 6.45) is 0. The molecule has 0 saturated heterocycles. The van der Waals surface area contributed by atoms with Crippen molar-refractivity contribution in [3.05, 3.63) is 70.8 Å². The predicted octanol–water partition coefficient (Wildman–Crippen LogP) is 2.79. The molecule has 1 atom stereocenters. The number of benzene rings is 2. The summed E-state index contributed by atoms with van der Waals surface area (Å²) in [7, 11) is -0.497. The monoisotopic (exact) mass is 318 g/mol. The molecule has 1 unspecified atom stereocenters. The normalized spacial score (nSPS) is 13.3. The third kappa shape index (κ3) is 3.74. The van der Waals surface area contributed by atoms with Gasteiger partial charge in [-0.25, -0.2) is 0 Å². The number of hydrogen-bond acceptors (Lipinski definition) is 2. The molecule has 0 aliphatic heterocycles. The average molecular weight is 318 g/mol. The quantitative estimate of drug-likeness (QED) is 0.921. The van der Waals surface area contributed by atoms with Crippen LogP contribution in [0, 0.1) is 13.8 Å². The van der Waals surface area contributed by atoms with Crippen molar-refractivity contribution in [2.75, 3.05) is 14.1 Å². The van der Waals surface area contributed by atoms with Crippen LogP contribution in [0.4, 0.5) is 0 Å². The fraction of sp³-hybridized carbons (Fsp3) is 0.294. The van der Waals surface area contributed by atoms with Crippen molar-refractivity contribution in [2.24, 2.45) is 0 Å². The molecule has 0 saturated carbocycles. The SMILES string of the molecule is Cc1ccc(C(NS(=O)(=O)N(C)C)c2ccccc2C)cc1. The Kier molecular flexibility index (Phi) is 5.01. The number of rotatable bonds is 5. The fourth-order valence-corrected chi connectivity index (χ4v) is 3.01. The highest BCUT2D eigenvalue weighted by Gasteiger charge is 2.23. The molecule has 2 aromatic rings. The number of aryl methyl sites for hydroxylation is 2. The second-order valence-corrected chi connectivity index (χ2v) is 7.52. The van der Waals surface area contributed by atoms with Gasteiger partial charge in [0.1, 0.15) is 0 Å². The third-order valence-corrected chi connectivity index (χ3v) is 5.15. The first-order valence-electron chi connectivity index (χ1n) is 7.13. The predicted molar refractivity (Wildman–Crippen MR) is 89.9 cm³/mol. The first kappa shape index (κ1) is 16.7. The van der Waals surface area contributed by atoms with Gasteiger partial charge in [-0.1, -0.05) is 54.1 Å². The maximum atomic E-state index is 12.3. The van der Waals surface area contributed by atoms with Crippen LogP contribution in [0.1, 0.15) is 28.3 Å². The Morgan fingerprint density at radius 3 is 2.09 bits per heavy atom. The van der Waals surface area contributed by atoms with E-state index in [-0.39, 0.29) is 0 Å². The Labute approximate surface area is 133 Å². The van der Waals surface area contributed by atoms with Gasteiger partial charge in [-0.3, -0.25) is 0 Å². The van der Waals surface area contributed by atoms with E-state index >= 15 is 0 Å². The molecular weight excluding hydrogens is 296 g/mol. The van der Waals surface area contributed by atoms with Crippen LogP contribution >= 0.6 is 0 Å². The van der Waals surface area contributed by atoms with Crippen LogP contribution in [0.5, 0.6) is 0 Å². The minimum absolute atomic E-state index is 0.408. The Balaban J connectivity index is 2.50. The van der Waals surface area contributed by atoms with Crippen molar-refractivity contribution < 1.29 is 8.42 Å². The number of nitrogens with one attached hydrogen (secondary N) is 1. The molecule has 0 heterocycles. The van der Waals surface area contributed by atoms with Crippen molar-refractivity contribution in [3.8, 4) is 0 Å². The van der Waals surface area contributed by atoms with E-state index in [1.165, 1.54) is 18.4 Å². The van der Waals surface area contributed by atoms with Crippen molar-refractivity contribution in [3.63, 3.8) is 0 Å². The first-order valence-corrected chi connectivity index (χ1v) is 8.57. The van der Waals surface area contributed by atoms with Gasteiger partial charge < -0.3 is 0 Å². The molecule has 4 nitrogen and oxygen atoms in total. The molecular formula is C17H22N2O2S. The van der Waals surface area contributed by atoms with Crippen molar-refractivity contribution in [1.82, 2.24) is 9.03 Å². The molecule has 2 aromatic carbocycles. The summed E-state index contributed by atoms with van der Waals surface area (Å²) in [5.41, 5.74) is 4.07. The van der Waals surface area contributed by atoms with Gasteiger partial charge in [0.2, 0.25) is 0 Å². The first-order chi connectivity index (χ1) is 10.3. The molecule has 118 valence electrons. The van der Waals surface area contributed by atoms with E-state index in [4.69, 9.17) is 0 Å². The van der Waals surface area contributed by atoms with Crippen LogP contribution in [0.3, 0.4) is 0 Å². The molecule has 0 aromatic heterocycles. The summed E-state index contributed by atoms with van der Waals surface area (Å²) >= 11 is 0. The van der Waals surface area contributed by atoms with Gasteiger partial charge in [-0.15, -0.1) is 0 Å². The van der Waals surface area contributed by atoms with Gasteiger partial charge in [0.25, 0.3) is 10.2 Å². The summed E-state index contributed by atoms with van der Waals surface area (Å²) in [6.45, 7) is 4.00. The van der Waals surface area contributed by atoms with E-state index in [2.05, 4.69) is 4.72 Å². The molecule has 1 N–H and O–H groups in total. The van der Waals surface area contributed by atoms with E-state index in [0.29, 0.717) is 0 Å². The lowest BCUT2D eigenvalue weighted by Crippen LogP contribution is -2.38. The Morgan fingerprint density at radius 1 is 0.955 bits per heavy atom. The molecule has 0 radical (unpaired) electrons. The Bertz CT molecular complexity index is 738. The highest BCUT2D eigenvalue weighted by Crippen LogP contribution is 2.26.